The number of aryl methyl sites for hydroxylation is 1. The van der Waals surface area contributed by atoms with E-state index in [1.54, 1.807) is 31.6 Å². The Labute approximate surface area is 215 Å². The molecule has 1 aliphatic heterocycles. The Morgan fingerprint density at radius 2 is 1.95 bits per heavy atom. The Balaban J connectivity index is 1.44. The zero-order chi connectivity index (χ0) is 26.5. The van der Waals surface area contributed by atoms with Crippen LogP contribution in [0.4, 0.5) is 9.18 Å². The number of hydrogen-bond acceptors (Lipinski definition) is 7. The van der Waals surface area contributed by atoms with Crippen LogP contribution >= 0.6 is 0 Å². The summed E-state index contributed by atoms with van der Waals surface area (Å²) >= 11 is 0. The second-order valence-electron chi connectivity index (χ2n) is 11.1. The first kappa shape index (κ1) is 25.4. The van der Waals surface area contributed by atoms with Gasteiger partial charge in [-0.3, -0.25) is 0 Å². The van der Waals surface area contributed by atoms with Crippen molar-refractivity contribution in [2.24, 2.45) is 0 Å². The first-order valence-electron chi connectivity index (χ1n) is 12.7. The van der Waals surface area contributed by atoms with Gasteiger partial charge in [0.25, 0.3) is 0 Å². The normalized spacial score (nSPS) is 24.1. The van der Waals surface area contributed by atoms with Crippen molar-refractivity contribution in [1.29, 1.82) is 0 Å². The standard InChI is InChI=1S/C27H34FN5O4/c1-15-8-17-13-29-33(24-12-22(16-9-18(34)10-16)30-25(31-24)36-5)23(17)11-20(15)19-6-7-32(14-21(19)28)26(35)37-27(2,3)4/h8,11-13,16,18-19,21,34H,6-7,9-10,14H2,1-5H3/t16?,18?,19-,21+/m1/s1. The fraction of sp³-hybridized carbons (Fsp3) is 0.556. The number of nitrogens with zero attached hydrogens (tertiary/aromatic N) is 5. The highest BCUT2D eigenvalue weighted by Crippen LogP contribution is 2.38. The summed E-state index contributed by atoms with van der Waals surface area (Å²) in [7, 11) is 1.52. The van der Waals surface area contributed by atoms with Crippen LogP contribution in [0.3, 0.4) is 0 Å². The van der Waals surface area contributed by atoms with E-state index in [4.69, 9.17) is 9.47 Å². The van der Waals surface area contributed by atoms with Crippen LogP contribution in [-0.4, -0.2) is 73.9 Å². The van der Waals surface area contributed by atoms with Crippen molar-refractivity contribution in [3.63, 3.8) is 0 Å². The van der Waals surface area contributed by atoms with Crippen molar-refractivity contribution >= 4 is 17.0 Å². The van der Waals surface area contributed by atoms with E-state index >= 15 is 4.39 Å². The maximum Gasteiger partial charge on any atom is 0.410 e. The van der Waals surface area contributed by atoms with E-state index in [1.165, 1.54) is 12.0 Å². The number of aromatic nitrogens is 4. The Hall–Kier alpha value is -3.27. The molecule has 10 heteroatoms. The summed E-state index contributed by atoms with van der Waals surface area (Å²) in [6, 6.07) is 6.12. The number of piperidine rings is 1. The molecule has 2 fully saturated rings. The molecule has 1 aliphatic carbocycles. The van der Waals surface area contributed by atoms with E-state index in [2.05, 4.69) is 15.1 Å². The second kappa shape index (κ2) is 9.55. The summed E-state index contributed by atoms with van der Waals surface area (Å²) in [6.45, 7) is 7.81. The average molecular weight is 512 g/mol. The summed E-state index contributed by atoms with van der Waals surface area (Å²) in [5, 5.41) is 15.2. The molecule has 0 spiro atoms. The maximum atomic E-state index is 15.5. The molecule has 1 amide bonds. The molecule has 1 saturated carbocycles. The molecule has 3 heterocycles. The lowest BCUT2D eigenvalue weighted by Gasteiger charge is -2.36. The minimum Gasteiger partial charge on any atom is -0.467 e. The van der Waals surface area contributed by atoms with Crippen LogP contribution in [0.15, 0.2) is 24.4 Å². The third kappa shape index (κ3) is 5.12. The Bertz CT molecular complexity index is 1310. The summed E-state index contributed by atoms with van der Waals surface area (Å²) in [4.78, 5) is 22.9. The molecule has 9 nitrogen and oxygen atoms in total. The van der Waals surface area contributed by atoms with Gasteiger partial charge >= 0.3 is 12.1 Å². The van der Waals surface area contributed by atoms with Gasteiger partial charge in [-0.2, -0.15) is 15.1 Å². The molecule has 5 rings (SSSR count). The molecule has 3 aromatic rings. The first-order valence-corrected chi connectivity index (χ1v) is 12.7. The number of rotatable bonds is 4. The third-order valence-electron chi connectivity index (χ3n) is 7.19. The topological polar surface area (TPSA) is 103 Å². The van der Waals surface area contributed by atoms with Gasteiger partial charge in [0.2, 0.25) is 0 Å². The smallest absolute Gasteiger partial charge is 0.410 e. The highest BCUT2D eigenvalue weighted by Gasteiger charge is 2.35. The van der Waals surface area contributed by atoms with Crippen LogP contribution in [0.2, 0.25) is 0 Å². The lowest BCUT2D eigenvalue weighted by molar-refractivity contribution is 0.0111. The third-order valence-corrected chi connectivity index (χ3v) is 7.19. The SMILES string of the molecule is COc1nc(C2CC(O)C2)cc(-n2ncc3cc(C)c([C@H]4CCN(C(=O)OC(C)(C)C)C[C@@H]4F)cc32)n1. The van der Waals surface area contributed by atoms with Crippen molar-refractivity contribution < 1.29 is 23.8 Å². The van der Waals surface area contributed by atoms with Gasteiger partial charge in [-0.15, -0.1) is 0 Å². The van der Waals surface area contributed by atoms with Gasteiger partial charge in [0, 0.05) is 29.8 Å². The molecule has 1 N–H and O–H groups in total. The lowest BCUT2D eigenvalue weighted by Crippen LogP contribution is -2.46. The predicted molar refractivity (Wildman–Crippen MR) is 136 cm³/mol. The Morgan fingerprint density at radius 1 is 1.19 bits per heavy atom. The number of likely N-dealkylation sites (tertiary alicyclic amines) is 1. The van der Waals surface area contributed by atoms with Crippen LogP contribution < -0.4 is 4.74 Å². The second-order valence-corrected chi connectivity index (χ2v) is 11.1. The molecule has 2 atom stereocenters. The van der Waals surface area contributed by atoms with Crippen molar-refractivity contribution in [2.45, 2.75) is 76.7 Å². The number of alkyl halides is 1. The van der Waals surface area contributed by atoms with Crippen LogP contribution in [0.25, 0.3) is 16.7 Å². The van der Waals surface area contributed by atoms with Gasteiger partial charge < -0.3 is 19.5 Å². The molecular weight excluding hydrogens is 477 g/mol. The van der Waals surface area contributed by atoms with Gasteiger partial charge in [-0.1, -0.05) is 0 Å². The summed E-state index contributed by atoms with van der Waals surface area (Å²) < 4.78 is 28.0. The molecule has 0 unspecified atom stereocenters. The minimum absolute atomic E-state index is 0.00394. The van der Waals surface area contributed by atoms with E-state index < -0.39 is 17.9 Å². The molecule has 37 heavy (non-hydrogen) atoms. The van der Waals surface area contributed by atoms with Crippen molar-refractivity contribution in [1.82, 2.24) is 24.6 Å². The predicted octanol–water partition coefficient (Wildman–Crippen LogP) is 4.43. The first-order chi connectivity index (χ1) is 17.5. The molecule has 0 bridgehead atoms. The van der Waals surface area contributed by atoms with Crippen LogP contribution in [0.5, 0.6) is 6.01 Å². The number of aliphatic hydroxyl groups is 1. The largest absolute Gasteiger partial charge is 0.467 e. The molecule has 2 aromatic heterocycles. The van der Waals surface area contributed by atoms with Gasteiger partial charge in [0.05, 0.1) is 37.2 Å². The molecule has 198 valence electrons. The van der Waals surface area contributed by atoms with Gasteiger partial charge in [0.1, 0.15) is 11.8 Å². The summed E-state index contributed by atoms with van der Waals surface area (Å²) in [5.41, 5.74) is 2.87. The number of carbonyl (C=O) groups is 1. The van der Waals surface area contributed by atoms with E-state index in [0.29, 0.717) is 31.6 Å². The Morgan fingerprint density at radius 3 is 2.59 bits per heavy atom. The number of benzene rings is 1. The van der Waals surface area contributed by atoms with E-state index in [9.17, 15) is 9.90 Å². The summed E-state index contributed by atoms with van der Waals surface area (Å²) in [5.74, 6) is 0.357. The van der Waals surface area contributed by atoms with Crippen molar-refractivity contribution in [2.75, 3.05) is 20.2 Å². The average Bonchev–Trinajstić information content (AvgIpc) is 3.22. The lowest BCUT2D eigenvalue weighted by atomic mass is 9.80. The van der Waals surface area contributed by atoms with Crippen molar-refractivity contribution in [3.8, 4) is 11.8 Å². The molecule has 1 aromatic carbocycles. The fourth-order valence-corrected chi connectivity index (χ4v) is 5.20. The van der Waals surface area contributed by atoms with E-state index in [0.717, 1.165) is 27.7 Å². The molecule has 2 aliphatic rings. The van der Waals surface area contributed by atoms with Crippen LogP contribution in [0.1, 0.15) is 68.7 Å². The van der Waals surface area contributed by atoms with E-state index in [1.807, 2.05) is 25.1 Å². The number of amides is 1. The number of fused-ring (bicyclic) bond motifs is 1. The fourth-order valence-electron chi connectivity index (χ4n) is 5.20. The highest BCUT2D eigenvalue weighted by molar-refractivity contribution is 5.82. The molecular formula is C27H34FN5O4. The van der Waals surface area contributed by atoms with E-state index in [-0.39, 0.29) is 30.5 Å². The minimum atomic E-state index is -1.22. The number of hydrogen-bond donors (Lipinski definition) is 1. The monoisotopic (exact) mass is 511 g/mol. The van der Waals surface area contributed by atoms with Crippen LogP contribution in [-0.2, 0) is 4.74 Å². The number of methoxy groups -OCH3 is 1. The number of halogens is 1. The Kier molecular flexibility index (Phi) is 6.55. The van der Waals surface area contributed by atoms with Crippen molar-refractivity contribution in [3.05, 3.63) is 41.2 Å². The van der Waals surface area contributed by atoms with Gasteiger partial charge in [-0.05, 0) is 70.2 Å². The zero-order valence-corrected chi connectivity index (χ0v) is 21.9. The number of ether oxygens (including phenoxy) is 2. The van der Waals surface area contributed by atoms with Crippen LogP contribution in [0, 0.1) is 6.92 Å². The number of carbonyl (C=O) groups excluding carboxylic acids is 1. The highest BCUT2D eigenvalue weighted by atomic mass is 19.1. The van der Waals surface area contributed by atoms with Gasteiger partial charge in [-0.25, -0.2) is 13.9 Å². The summed E-state index contributed by atoms with van der Waals surface area (Å²) in [6.07, 6.45) is 1.57. The maximum absolute atomic E-state index is 15.5. The molecule has 0 radical (unpaired) electrons. The van der Waals surface area contributed by atoms with Gasteiger partial charge in [0.15, 0.2) is 5.82 Å². The molecule has 1 saturated heterocycles. The number of aliphatic hydroxyl groups excluding tert-OH is 1. The zero-order valence-electron chi connectivity index (χ0n) is 21.9. The quantitative estimate of drug-likeness (QED) is 0.553.